The van der Waals surface area contributed by atoms with E-state index in [4.69, 9.17) is 4.98 Å². The van der Waals surface area contributed by atoms with E-state index < -0.39 is 0 Å². The minimum absolute atomic E-state index is 0.0509. The molecular formula is C33H38N8. The molecule has 4 aromatic rings. The summed E-state index contributed by atoms with van der Waals surface area (Å²) in [4.78, 5) is 14.2. The second-order valence-electron chi connectivity index (χ2n) is 12.2. The van der Waals surface area contributed by atoms with E-state index in [-0.39, 0.29) is 5.54 Å². The average molecular weight is 547 g/mol. The molecule has 2 fully saturated rings. The van der Waals surface area contributed by atoms with Gasteiger partial charge in [0.2, 0.25) is 0 Å². The molecule has 0 saturated carbocycles. The van der Waals surface area contributed by atoms with Crippen LogP contribution in [-0.4, -0.2) is 51.3 Å². The minimum Gasteiger partial charge on any atom is -0.378 e. The first kappa shape index (κ1) is 26.8. The molecule has 41 heavy (non-hydrogen) atoms. The van der Waals surface area contributed by atoms with Gasteiger partial charge in [-0.2, -0.15) is 10.4 Å². The lowest BCUT2D eigenvalue weighted by Crippen LogP contribution is -2.50. The van der Waals surface area contributed by atoms with E-state index in [1.165, 1.54) is 0 Å². The maximum absolute atomic E-state index is 9.77. The van der Waals surface area contributed by atoms with Gasteiger partial charge in [0.05, 0.1) is 40.6 Å². The first-order valence-corrected chi connectivity index (χ1v) is 14.5. The Bertz CT molecular complexity index is 1610. The smallest absolute Gasteiger partial charge is 0.128 e. The summed E-state index contributed by atoms with van der Waals surface area (Å²) in [5.74, 6) is 2.36. The van der Waals surface area contributed by atoms with Crippen LogP contribution in [0.3, 0.4) is 0 Å². The summed E-state index contributed by atoms with van der Waals surface area (Å²) >= 11 is 0. The highest BCUT2D eigenvalue weighted by Gasteiger charge is 2.32. The molecule has 0 spiro atoms. The topological polar surface area (TPSA) is 85.4 Å². The zero-order valence-electron chi connectivity index (χ0n) is 24.4. The second kappa shape index (κ2) is 10.5. The Balaban J connectivity index is 1.18. The van der Waals surface area contributed by atoms with Crippen LogP contribution in [0.25, 0.3) is 22.3 Å². The quantitative estimate of drug-likeness (QED) is 0.319. The van der Waals surface area contributed by atoms with E-state index >= 15 is 0 Å². The molecule has 0 atom stereocenters. The average Bonchev–Trinajstić information content (AvgIpc) is 3.35. The number of anilines is 2. The third-order valence-electron chi connectivity index (χ3n) is 8.93. The Labute approximate surface area is 242 Å². The van der Waals surface area contributed by atoms with Crippen LogP contribution < -0.4 is 15.1 Å². The van der Waals surface area contributed by atoms with Crippen LogP contribution in [0.1, 0.15) is 50.4 Å². The van der Waals surface area contributed by atoms with Crippen molar-refractivity contribution in [1.82, 2.24) is 24.9 Å². The molecule has 1 N–H and O–H groups in total. The highest BCUT2D eigenvalue weighted by Crippen LogP contribution is 2.36. The highest BCUT2D eigenvalue weighted by molar-refractivity contribution is 5.86. The van der Waals surface area contributed by atoms with E-state index in [1.54, 1.807) is 6.20 Å². The molecule has 8 nitrogen and oxygen atoms in total. The molecule has 0 bridgehead atoms. The zero-order chi connectivity index (χ0) is 28.7. The molecule has 0 unspecified atom stereocenters. The molecule has 6 heterocycles. The molecule has 0 aliphatic carbocycles. The van der Waals surface area contributed by atoms with Crippen molar-refractivity contribution >= 4 is 22.7 Å². The van der Waals surface area contributed by atoms with Gasteiger partial charge in [-0.25, -0.2) is 9.50 Å². The number of aryl methyl sites for hydroxylation is 1. The molecule has 2 saturated heterocycles. The molecule has 2 aliphatic rings. The van der Waals surface area contributed by atoms with Crippen molar-refractivity contribution in [1.29, 1.82) is 5.26 Å². The summed E-state index contributed by atoms with van der Waals surface area (Å²) in [6.45, 7) is 17.1. The number of hydrogen-bond acceptors (Lipinski definition) is 7. The van der Waals surface area contributed by atoms with Gasteiger partial charge in [0.1, 0.15) is 11.9 Å². The van der Waals surface area contributed by atoms with Gasteiger partial charge in [-0.15, -0.1) is 0 Å². The zero-order valence-corrected chi connectivity index (χ0v) is 24.4. The maximum atomic E-state index is 9.77. The third-order valence-corrected chi connectivity index (χ3v) is 8.93. The van der Waals surface area contributed by atoms with Crippen LogP contribution in [0.4, 0.5) is 11.5 Å². The molecule has 6 rings (SSSR count). The third kappa shape index (κ3) is 5.13. The van der Waals surface area contributed by atoms with Gasteiger partial charge in [0.25, 0.3) is 0 Å². The molecule has 0 amide bonds. The Kier molecular flexibility index (Phi) is 6.90. The Morgan fingerprint density at radius 1 is 1.12 bits per heavy atom. The summed E-state index contributed by atoms with van der Waals surface area (Å²) in [6, 6.07) is 12.8. The van der Waals surface area contributed by atoms with Crippen LogP contribution in [0.2, 0.25) is 0 Å². The summed E-state index contributed by atoms with van der Waals surface area (Å²) in [5.41, 5.74) is 7.39. The molecule has 2 aliphatic heterocycles. The normalized spacial score (nSPS) is 17.0. The van der Waals surface area contributed by atoms with E-state index in [9.17, 15) is 5.26 Å². The summed E-state index contributed by atoms with van der Waals surface area (Å²) in [6.07, 6.45) is 9.39. The summed E-state index contributed by atoms with van der Waals surface area (Å²) in [5, 5.41) is 17.9. The van der Waals surface area contributed by atoms with E-state index in [0.717, 1.165) is 84.1 Å². The van der Waals surface area contributed by atoms with Gasteiger partial charge in [-0.3, -0.25) is 4.98 Å². The van der Waals surface area contributed by atoms with Gasteiger partial charge in [0.15, 0.2) is 0 Å². The van der Waals surface area contributed by atoms with Crippen LogP contribution >= 0.6 is 0 Å². The van der Waals surface area contributed by atoms with Gasteiger partial charge >= 0.3 is 0 Å². The van der Waals surface area contributed by atoms with Crippen molar-refractivity contribution in [3.05, 3.63) is 78.5 Å². The largest absolute Gasteiger partial charge is 0.378 e. The number of aromatic nitrogens is 4. The maximum Gasteiger partial charge on any atom is 0.128 e. The number of rotatable bonds is 7. The fraction of sp³-hybridized carbons (Fsp3) is 0.394. The van der Waals surface area contributed by atoms with Crippen molar-refractivity contribution in [2.75, 3.05) is 36.0 Å². The van der Waals surface area contributed by atoms with Crippen LogP contribution in [0.5, 0.6) is 0 Å². The fourth-order valence-electron chi connectivity index (χ4n) is 6.04. The lowest BCUT2D eigenvalue weighted by Gasteiger charge is -2.43. The Morgan fingerprint density at radius 2 is 1.90 bits per heavy atom. The SMILES string of the molecule is C=C(NC1(C)CCN(c2ccc(-c3cc(N4CC(C(C)C)C4)cn4ncc(C#N)c34)cn2)CC1)c1ncccc1C. The van der Waals surface area contributed by atoms with Gasteiger partial charge in [-0.05, 0) is 68.4 Å². The van der Waals surface area contributed by atoms with Gasteiger partial charge < -0.3 is 15.1 Å². The standard InChI is InChI=1S/C33H38N8/c1-22(2)27-19-40(20-27)28-15-29(32-26(16-34)18-37-41(32)21-28)25-8-9-30(36-17-25)39-13-10-33(5,11-14-39)38-24(4)31-23(3)7-6-12-35-31/h6-9,12,15,17-18,21-22,27,38H,4,10-11,13-14,19-20H2,1-3,5H3. The minimum atomic E-state index is -0.0509. The molecule has 0 radical (unpaired) electrons. The molecule has 4 aromatic heterocycles. The predicted octanol–water partition coefficient (Wildman–Crippen LogP) is 5.68. The number of nitrogens with zero attached hydrogens (tertiary/aromatic N) is 7. The second-order valence-corrected chi connectivity index (χ2v) is 12.2. The fourth-order valence-corrected chi connectivity index (χ4v) is 6.04. The van der Waals surface area contributed by atoms with Crippen molar-refractivity contribution in [3.8, 4) is 17.2 Å². The highest BCUT2D eigenvalue weighted by atomic mass is 15.3. The van der Waals surface area contributed by atoms with Crippen LogP contribution in [0.15, 0.2) is 61.7 Å². The van der Waals surface area contributed by atoms with Gasteiger partial charge in [-0.1, -0.05) is 26.5 Å². The number of fused-ring (bicyclic) bond motifs is 1. The van der Waals surface area contributed by atoms with Crippen molar-refractivity contribution in [3.63, 3.8) is 0 Å². The monoisotopic (exact) mass is 546 g/mol. The molecular weight excluding hydrogens is 508 g/mol. The molecule has 210 valence electrons. The lowest BCUT2D eigenvalue weighted by molar-refractivity contribution is 0.309. The lowest BCUT2D eigenvalue weighted by atomic mass is 9.88. The summed E-state index contributed by atoms with van der Waals surface area (Å²) in [7, 11) is 0. The van der Waals surface area contributed by atoms with Crippen LogP contribution in [-0.2, 0) is 0 Å². The van der Waals surface area contributed by atoms with Crippen molar-refractivity contribution < 1.29 is 0 Å². The number of piperidine rings is 1. The van der Waals surface area contributed by atoms with Crippen molar-refractivity contribution in [2.45, 2.75) is 46.1 Å². The van der Waals surface area contributed by atoms with Crippen molar-refractivity contribution in [2.24, 2.45) is 11.8 Å². The van der Waals surface area contributed by atoms with E-state index in [1.807, 2.05) is 29.2 Å². The molecule has 8 heteroatoms. The predicted molar refractivity (Wildman–Crippen MR) is 165 cm³/mol. The summed E-state index contributed by atoms with van der Waals surface area (Å²) < 4.78 is 1.85. The Hall–Kier alpha value is -4.38. The van der Waals surface area contributed by atoms with E-state index in [2.05, 4.69) is 89.8 Å². The first-order chi connectivity index (χ1) is 19.7. The number of nitriles is 1. The number of pyridine rings is 3. The Morgan fingerprint density at radius 3 is 2.56 bits per heavy atom. The first-order valence-electron chi connectivity index (χ1n) is 14.5. The number of hydrogen-bond donors (Lipinski definition) is 1. The van der Waals surface area contributed by atoms with Crippen LogP contribution in [0, 0.1) is 30.1 Å². The molecule has 0 aromatic carbocycles. The number of nitrogens with one attached hydrogen (secondary N) is 1. The van der Waals surface area contributed by atoms with Gasteiger partial charge in [0, 0.05) is 55.2 Å². The van der Waals surface area contributed by atoms with E-state index in [0.29, 0.717) is 17.4 Å².